The Balaban J connectivity index is -0.000000000833. The summed E-state index contributed by atoms with van der Waals surface area (Å²) >= 11 is 0.300. The Morgan fingerprint density at radius 3 is 1.40 bits per heavy atom. The normalized spacial score (nSPS) is 0.600. The predicted molar refractivity (Wildman–Crippen MR) is 1.80 cm³/mol. The molecule has 0 heterocycles. The second-order valence-corrected chi connectivity index (χ2v) is 0. The quantitative estimate of drug-likeness (QED) is 0.371. The summed E-state index contributed by atoms with van der Waals surface area (Å²) in [7, 11) is 0. The molecule has 5 heavy (non-hydrogen) atoms. The van der Waals surface area contributed by atoms with Crippen molar-refractivity contribution in [2.24, 2.45) is 0 Å². The van der Waals surface area contributed by atoms with Gasteiger partial charge in [0.05, 0.1) is 0 Å². The number of rotatable bonds is 0. The van der Waals surface area contributed by atoms with Gasteiger partial charge in [0.1, 0.15) is 0 Å². The van der Waals surface area contributed by atoms with Crippen LogP contribution in [0.15, 0.2) is 0 Å². The third-order valence-corrected chi connectivity index (χ3v) is 0. The maximum absolute atomic E-state index is 8.34. The fraction of sp³-hybridized carbons (Fsp3) is 0. The van der Waals surface area contributed by atoms with Crippen molar-refractivity contribution in [2.75, 3.05) is 0 Å². The van der Waals surface area contributed by atoms with Crippen LogP contribution in [-0.4, -0.2) is 0 Å². The minimum Gasteiger partial charge on any atom is 0 e. The standard InChI is InChI=1S/La.Li.O.Ta.Zr.H/q;+1;;;;-1. The molecule has 0 fully saturated rings. The van der Waals surface area contributed by atoms with Gasteiger partial charge < -0.3 is 1.43 Å². The molecule has 0 saturated heterocycles. The summed E-state index contributed by atoms with van der Waals surface area (Å²) in [6, 6.07) is 0. The minimum atomic E-state index is 0. The summed E-state index contributed by atoms with van der Waals surface area (Å²) < 4.78 is 8.34. The zero-order valence-corrected chi connectivity index (χ0v) is 12.2. The zero-order valence-electron chi connectivity index (χ0n) is 3.93. The third-order valence-electron chi connectivity index (χ3n) is 0. The molecule has 0 aromatic rings. The first-order valence-electron chi connectivity index (χ1n) is 0.204. The van der Waals surface area contributed by atoms with Gasteiger partial charge in [0.25, 0.3) is 0 Å². The topological polar surface area (TPSA) is 17.1 Å². The average Bonchev–Trinajstić information content (AvgIpc) is 1.00. The van der Waals surface area contributed by atoms with E-state index in [-0.39, 0.29) is 78.3 Å². The van der Waals surface area contributed by atoms with E-state index in [0.29, 0.717) is 24.7 Å². The van der Waals surface area contributed by atoms with Crippen molar-refractivity contribution in [3.63, 3.8) is 0 Å². The van der Waals surface area contributed by atoms with Crippen LogP contribution >= 0.6 is 0 Å². The molecule has 20 valence electrons. The molecule has 0 amide bonds. The van der Waals surface area contributed by atoms with Gasteiger partial charge in [-0.05, 0) is 0 Å². The minimum absolute atomic E-state index is 0. The van der Waals surface area contributed by atoms with Crippen LogP contribution in [0.5, 0.6) is 0 Å². The van der Waals surface area contributed by atoms with E-state index < -0.39 is 0 Å². The van der Waals surface area contributed by atoms with Gasteiger partial charge in [-0.3, -0.25) is 0 Å². The molecule has 0 unspecified atom stereocenters. The average molecular weight is 435 g/mol. The SMILES string of the molecule is [H-].[La].[Li+].[O]=[Zr].[Ta]. The van der Waals surface area contributed by atoms with Crippen molar-refractivity contribution in [3.05, 3.63) is 0 Å². The Bertz CT molecular complexity index is 15.5. The summed E-state index contributed by atoms with van der Waals surface area (Å²) in [6.07, 6.45) is 0. The molecule has 0 rings (SSSR count). The largest absolute Gasteiger partial charge is 0 e. The number of hydrogen-bond acceptors (Lipinski definition) is 1. The Hall–Kier alpha value is 3.22. The molecular weight excluding hydrogens is 434 g/mol. The molecule has 0 bridgehead atoms. The smallest absolute Gasteiger partial charge is 0 e. The van der Waals surface area contributed by atoms with E-state index in [2.05, 4.69) is 0 Å². The molecule has 0 aliphatic carbocycles. The molecule has 0 aromatic carbocycles. The van der Waals surface area contributed by atoms with Gasteiger partial charge in [0.15, 0.2) is 0 Å². The van der Waals surface area contributed by atoms with Crippen molar-refractivity contribution < 1.29 is 106 Å². The van der Waals surface area contributed by atoms with E-state index in [1.807, 2.05) is 0 Å². The van der Waals surface area contributed by atoms with Gasteiger partial charge in [-0.1, -0.05) is 0 Å². The summed E-state index contributed by atoms with van der Waals surface area (Å²) in [6.45, 7) is 0. The summed E-state index contributed by atoms with van der Waals surface area (Å²) in [5.74, 6) is 0. The second-order valence-electron chi connectivity index (χ2n) is 0. The maximum Gasteiger partial charge on any atom is 0 e. The molecule has 0 aliphatic rings. The Morgan fingerprint density at radius 2 is 1.40 bits per heavy atom. The van der Waals surface area contributed by atoms with Gasteiger partial charge in [-0.2, -0.15) is 0 Å². The van der Waals surface area contributed by atoms with Crippen molar-refractivity contribution in [2.45, 2.75) is 0 Å². The van der Waals surface area contributed by atoms with Gasteiger partial charge in [0, 0.05) is 58.0 Å². The van der Waals surface area contributed by atoms with E-state index in [1.54, 1.807) is 0 Å². The Labute approximate surface area is 103 Å². The first-order valence-corrected chi connectivity index (χ1v) is 1.21. The third kappa shape index (κ3) is 19.0. The van der Waals surface area contributed by atoms with Gasteiger partial charge >= 0.3 is 46.4 Å². The monoisotopic (exact) mass is 434 g/mol. The van der Waals surface area contributed by atoms with E-state index >= 15 is 0 Å². The molecule has 5 heteroatoms. The molecule has 0 aliphatic heterocycles. The maximum atomic E-state index is 8.34. The van der Waals surface area contributed by atoms with Crippen LogP contribution in [-0.2, 0) is 49.9 Å². The van der Waals surface area contributed by atoms with Crippen molar-refractivity contribution in [1.29, 1.82) is 0 Å². The molecule has 0 saturated carbocycles. The molecule has 0 spiro atoms. The first-order chi connectivity index (χ1) is 1.00. The molecule has 0 N–H and O–H groups in total. The molecule has 2 radical (unpaired) electrons. The van der Waals surface area contributed by atoms with E-state index in [0.717, 1.165) is 0 Å². The van der Waals surface area contributed by atoms with Crippen LogP contribution in [0.2, 0.25) is 0 Å². The zero-order chi connectivity index (χ0) is 2.00. The molecule has 0 atom stereocenters. The van der Waals surface area contributed by atoms with Gasteiger partial charge in [-0.25, -0.2) is 0 Å². The summed E-state index contributed by atoms with van der Waals surface area (Å²) in [4.78, 5) is 0. The van der Waals surface area contributed by atoms with Gasteiger partial charge in [0.2, 0.25) is 0 Å². The second kappa shape index (κ2) is 27.0. The molecular formula is HLaLiOTaZr. The van der Waals surface area contributed by atoms with Crippen LogP contribution in [0.25, 0.3) is 0 Å². The van der Waals surface area contributed by atoms with Crippen LogP contribution < -0.4 is 18.9 Å². The van der Waals surface area contributed by atoms with E-state index in [4.69, 9.17) is 2.81 Å². The van der Waals surface area contributed by atoms with Crippen LogP contribution in [0.3, 0.4) is 0 Å². The van der Waals surface area contributed by atoms with Crippen LogP contribution in [0.1, 0.15) is 1.43 Å². The Morgan fingerprint density at radius 1 is 1.40 bits per heavy atom. The van der Waals surface area contributed by atoms with E-state index in [9.17, 15) is 0 Å². The van der Waals surface area contributed by atoms with E-state index in [1.165, 1.54) is 0 Å². The van der Waals surface area contributed by atoms with Gasteiger partial charge in [-0.15, -0.1) is 0 Å². The van der Waals surface area contributed by atoms with Crippen molar-refractivity contribution in [1.82, 2.24) is 0 Å². The van der Waals surface area contributed by atoms with Crippen LogP contribution in [0.4, 0.5) is 0 Å². The summed E-state index contributed by atoms with van der Waals surface area (Å²) in [5, 5.41) is 0. The fourth-order valence-corrected chi connectivity index (χ4v) is 0. The molecule has 0 aromatic heterocycles. The summed E-state index contributed by atoms with van der Waals surface area (Å²) in [5.41, 5.74) is 0. The molecule has 1 nitrogen and oxygen atoms in total. The van der Waals surface area contributed by atoms with Crippen molar-refractivity contribution >= 4 is 0 Å². The van der Waals surface area contributed by atoms with Crippen molar-refractivity contribution in [3.8, 4) is 0 Å². The first kappa shape index (κ1) is 24.1. The number of hydrogen-bond donors (Lipinski definition) is 0. The Kier molecular flexibility index (Phi) is 130. The fourth-order valence-electron chi connectivity index (χ4n) is 0. The predicted octanol–water partition coefficient (Wildman–Crippen LogP) is -3.01. The van der Waals surface area contributed by atoms with Crippen LogP contribution in [0, 0.1) is 35.6 Å².